The van der Waals surface area contributed by atoms with Crippen molar-refractivity contribution in [2.75, 3.05) is 11.9 Å². The summed E-state index contributed by atoms with van der Waals surface area (Å²) in [5.41, 5.74) is 5.12. The topological polar surface area (TPSA) is 53.5 Å². The molecule has 0 aliphatic rings. The van der Waals surface area contributed by atoms with E-state index in [1.165, 1.54) is 0 Å². The van der Waals surface area contributed by atoms with Crippen molar-refractivity contribution >= 4 is 39.7 Å². The van der Waals surface area contributed by atoms with Crippen LogP contribution in [0.1, 0.15) is 12.5 Å². The molecule has 4 nitrogen and oxygen atoms in total. The molecule has 0 spiro atoms. The van der Waals surface area contributed by atoms with Gasteiger partial charge in [0, 0.05) is 16.1 Å². The summed E-state index contributed by atoms with van der Waals surface area (Å²) < 4.78 is 0. The third-order valence-electron chi connectivity index (χ3n) is 3.84. The summed E-state index contributed by atoms with van der Waals surface area (Å²) in [5.74, 6) is -0.207. The number of carbonyl (C=O) groups excluding carboxylic acids is 1. The number of rotatable bonds is 5. The molecular formula is C20H18ClN3O. The minimum Gasteiger partial charge on any atom is -0.376 e. The van der Waals surface area contributed by atoms with Crippen molar-refractivity contribution in [1.29, 1.82) is 0 Å². The predicted molar refractivity (Wildman–Crippen MR) is 104 cm³/mol. The first-order valence-corrected chi connectivity index (χ1v) is 8.32. The van der Waals surface area contributed by atoms with E-state index in [1.54, 1.807) is 12.1 Å². The molecule has 3 rings (SSSR count). The van der Waals surface area contributed by atoms with Gasteiger partial charge in [0.1, 0.15) is 0 Å². The molecule has 0 aliphatic heterocycles. The van der Waals surface area contributed by atoms with Gasteiger partial charge in [0.2, 0.25) is 0 Å². The van der Waals surface area contributed by atoms with Gasteiger partial charge >= 0.3 is 0 Å². The van der Waals surface area contributed by atoms with Crippen molar-refractivity contribution in [3.63, 3.8) is 0 Å². The lowest BCUT2D eigenvalue weighted by atomic mass is 10.1. The molecule has 0 fully saturated rings. The van der Waals surface area contributed by atoms with E-state index in [-0.39, 0.29) is 12.5 Å². The lowest BCUT2D eigenvalue weighted by Gasteiger charge is -2.09. The number of nitrogens with one attached hydrogen (secondary N) is 2. The Labute approximate surface area is 151 Å². The first-order valence-electron chi connectivity index (χ1n) is 7.94. The summed E-state index contributed by atoms with van der Waals surface area (Å²) in [6, 6.07) is 21.3. The van der Waals surface area contributed by atoms with Crippen LogP contribution in [0.3, 0.4) is 0 Å². The van der Waals surface area contributed by atoms with Crippen LogP contribution in [0.2, 0.25) is 5.02 Å². The molecule has 0 aromatic heterocycles. The minimum atomic E-state index is -0.207. The highest BCUT2D eigenvalue weighted by Gasteiger charge is 2.04. The van der Waals surface area contributed by atoms with Crippen LogP contribution in [-0.4, -0.2) is 18.2 Å². The third-order valence-corrected chi connectivity index (χ3v) is 4.09. The molecule has 0 bridgehead atoms. The number of amides is 1. The smallest absolute Gasteiger partial charge is 0.259 e. The number of anilines is 1. The maximum atomic E-state index is 12.0. The average Bonchev–Trinajstić information content (AvgIpc) is 2.65. The molecule has 1 amide bonds. The van der Waals surface area contributed by atoms with E-state index in [4.69, 9.17) is 11.6 Å². The highest BCUT2D eigenvalue weighted by molar-refractivity contribution is 6.30. The Bertz CT molecular complexity index is 914. The molecule has 5 heteroatoms. The normalized spacial score (nSPS) is 11.4. The Kier molecular flexibility index (Phi) is 5.31. The molecule has 3 aromatic carbocycles. The first kappa shape index (κ1) is 17.0. The van der Waals surface area contributed by atoms with Crippen molar-refractivity contribution in [1.82, 2.24) is 5.43 Å². The average molecular weight is 352 g/mol. The van der Waals surface area contributed by atoms with E-state index in [2.05, 4.69) is 15.8 Å². The van der Waals surface area contributed by atoms with Crippen LogP contribution in [0, 0.1) is 0 Å². The van der Waals surface area contributed by atoms with E-state index < -0.39 is 0 Å². The second-order valence-corrected chi connectivity index (χ2v) is 6.06. The highest BCUT2D eigenvalue weighted by Crippen LogP contribution is 2.22. The van der Waals surface area contributed by atoms with E-state index in [1.807, 2.05) is 61.5 Å². The summed E-state index contributed by atoms with van der Waals surface area (Å²) in [7, 11) is 0. The molecule has 0 radical (unpaired) electrons. The molecule has 0 atom stereocenters. The number of halogens is 1. The van der Waals surface area contributed by atoms with Crippen LogP contribution in [0.15, 0.2) is 71.8 Å². The molecule has 3 aromatic rings. The van der Waals surface area contributed by atoms with Crippen LogP contribution in [0.25, 0.3) is 10.8 Å². The van der Waals surface area contributed by atoms with Crippen molar-refractivity contribution in [3.8, 4) is 0 Å². The van der Waals surface area contributed by atoms with Gasteiger partial charge in [-0.3, -0.25) is 4.79 Å². The van der Waals surface area contributed by atoms with Crippen molar-refractivity contribution in [2.45, 2.75) is 6.92 Å². The first-order chi connectivity index (χ1) is 12.1. The fourth-order valence-corrected chi connectivity index (χ4v) is 2.62. The second-order valence-electron chi connectivity index (χ2n) is 5.62. The van der Waals surface area contributed by atoms with Gasteiger partial charge in [-0.05, 0) is 36.1 Å². The van der Waals surface area contributed by atoms with Crippen molar-refractivity contribution < 1.29 is 4.79 Å². The number of carbonyl (C=O) groups is 1. The highest BCUT2D eigenvalue weighted by atomic mass is 35.5. The van der Waals surface area contributed by atoms with Crippen LogP contribution in [0.5, 0.6) is 0 Å². The standard InChI is InChI=1S/C20H18ClN3O/c1-14(15-9-11-17(21)12-10-15)23-24-20(25)13-22-19-8-4-6-16-5-2-3-7-18(16)19/h2-12,22H,13H2,1H3,(H,24,25)/b23-14+. The monoisotopic (exact) mass is 351 g/mol. The number of hydrogen-bond donors (Lipinski definition) is 2. The SMILES string of the molecule is C/C(=N\NC(=O)CNc1cccc2ccccc12)c1ccc(Cl)cc1. The maximum absolute atomic E-state index is 12.0. The van der Waals surface area contributed by atoms with E-state index >= 15 is 0 Å². The zero-order valence-corrected chi connectivity index (χ0v) is 14.5. The Morgan fingerprint density at radius 3 is 2.52 bits per heavy atom. The maximum Gasteiger partial charge on any atom is 0.259 e. The van der Waals surface area contributed by atoms with E-state index in [9.17, 15) is 4.79 Å². The predicted octanol–water partition coefficient (Wildman–Crippen LogP) is 4.45. The molecule has 0 saturated heterocycles. The van der Waals surface area contributed by atoms with Gasteiger partial charge in [-0.25, -0.2) is 5.43 Å². The van der Waals surface area contributed by atoms with Crippen LogP contribution in [-0.2, 0) is 4.79 Å². The molecule has 0 unspecified atom stereocenters. The molecule has 0 aliphatic carbocycles. The molecule has 2 N–H and O–H groups in total. The lowest BCUT2D eigenvalue weighted by Crippen LogP contribution is -2.26. The molecule has 126 valence electrons. The summed E-state index contributed by atoms with van der Waals surface area (Å²) in [6.07, 6.45) is 0. The summed E-state index contributed by atoms with van der Waals surface area (Å²) in [6.45, 7) is 1.98. The lowest BCUT2D eigenvalue weighted by molar-refractivity contribution is -0.119. The van der Waals surface area contributed by atoms with Gasteiger partial charge in [-0.2, -0.15) is 5.10 Å². The number of nitrogens with zero attached hydrogens (tertiary/aromatic N) is 1. The van der Waals surface area contributed by atoms with Crippen LogP contribution < -0.4 is 10.7 Å². The number of hydrazone groups is 1. The van der Waals surface area contributed by atoms with Crippen LogP contribution in [0.4, 0.5) is 5.69 Å². The Balaban J connectivity index is 1.61. The number of fused-ring (bicyclic) bond motifs is 1. The Morgan fingerprint density at radius 1 is 1.00 bits per heavy atom. The Morgan fingerprint density at radius 2 is 1.72 bits per heavy atom. The fraction of sp³-hybridized carbons (Fsp3) is 0.100. The summed E-state index contributed by atoms with van der Waals surface area (Å²) in [5, 5.41) is 10.2. The fourth-order valence-electron chi connectivity index (χ4n) is 2.50. The number of benzene rings is 3. The number of hydrogen-bond acceptors (Lipinski definition) is 3. The van der Waals surface area contributed by atoms with Gasteiger partial charge in [0.05, 0.1) is 12.3 Å². The molecular weight excluding hydrogens is 334 g/mol. The van der Waals surface area contributed by atoms with Gasteiger partial charge < -0.3 is 5.32 Å². The Hall–Kier alpha value is -2.85. The van der Waals surface area contributed by atoms with Gasteiger partial charge in [-0.1, -0.05) is 60.1 Å². The van der Waals surface area contributed by atoms with Crippen molar-refractivity contribution in [2.24, 2.45) is 5.10 Å². The van der Waals surface area contributed by atoms with Gasteiger partial charge in [0.25, 0.3) is 5.91 Å². The van der Waals surface area contributed by atoms with Gasteiger partial charge in [0.15, 0.2) is 0 Å². The second kappa shape index (κ2) is 7.81. The van der Waals surface area contributed by atoms with Crippen LogP contribution >= 0.6 is 11.6 Å². The molecule has 0 saturated carbocycles. The zero-order chi connectivity index (χ0) is 17.6. The van der Waals surface area contributed by atoms with E-state index in [0.717, 1.165) is 27.7 Å². The zero-order valence-electron chi connectivity index (χ0n) is 13.8. The molecule has 25 heavy (non-hydrogen) atoms. The summed E-state index contributed by atoms with van der Waals surface area (Å²) >= 11 is 5.87. The third kappa shape index (κ3) is 4.37. The van der Waals surface area contributed by atoms with Crippen molar-refractivity contribution in [3.05, 3.63) is 77.3 Å². The largest absolute Gasteiger partial charge is 0.376 e. The quantitative estimate of drug-likeness (QED) is 0.527. The molecule has 0 heterocycles. The van der Waals surface area contributed by atoms with E-state index in [0.29, 0.717) is 5.02 Å². The summed E-state index contributed by atoms with van der Waals surface area (Å²) in [4.78, 5) is 12.0. The van der Waals surface area contributed by atoms with Gasteiger partial charge in [-0.15, -0.1) is 0 Å². The minimum absolute atomic E-state index is 0.144.